The zero-order chi connectivity index (χ0) is 21.7. The van der Waals surface area contributed by atoms with E-state index in [4.69, 9.17) is 0 Å². The quantitative estimate of drug-likeness (QED) is 0.584. The second-order valence-corrected chi connectivity index (χ2v) is 11.6. The molecule has 2 unspecified atom stereocenters. The van der Waals surface area contributed by atoms with Crippen molar-refractivity contribution in [1.29, 1.82) is 0 Å². The highest BCUT2D eigenvalue weighted by molar-refractivity contribution is 8.02. The molecule has 1 spiro atoms. The normalized spacial score (nSPS) is 39.1. The van der Waals surface area contributed by atoms with Crippen LogP contribution in [0, 0.1) is 11.8 Å². The van der Waals surface area contributed by atoms with Gasteiger partial charge >= 0.3 is 0 Å². The fourth-order valence-electron chi connectivity index (χ4n) is 6.55. The number of aliphatic hydroxyl groups is 1. The van der Waals surface area contributed by atoms with Gasteiger partial charge in [-0.3, -0.25) is 14.4 Å². The standard InChI is InChI=1S/C22H35N3O4S/c1-4-14(12-26)25-17(19(28)24-13-8-6-5-7-9-13)22-11-10-21(2,30-22)15(18(27)23-3)16(22)20(25)29/h13-17,26H,4-12H2,1-3H3,(H,23,27)(H,24,28)/t14-,15-,16-,17?,21+,22?/m0/s1. The van der Waals surface area contributed by atoms with Crippen LogP contribution in [0.5, 0.6) is 0 Å². The third-order valence-corrected chi connectivity index (χ3v) is 10.0. The van der Waals surface area contributed by atoms with E-state index in [1.165, 1.54) is 6.42 Å². The molecule has 3 aliphatic heterocycles. The fraction of sp³-hybridized carbons (Fsp3) is 0.864. The molecule has 168 valence electrons. The predicted octanol–water partition coefficient (Wildman–Crippen LogP) is 1.43. The van der Waals surface area contributed by atoms with Gasteiger partial charge in [0.1, 0.15) is 6.04 Å². The number of nitrogens with zero attached hydrogens (tertiary/aromatic N) is 1. The van der Waals surface area contributed by atoms with E-state index in [9.17, 15) is 19.5 Å². The van der Waals surface area contributed by atoms with E-state index in [1.54, 1.807) is 23.7 Å². The average Bonchev–Trinajstić information content (AvgIpc) is 3.30. The zero-order valence-corrected chi connectivity index (χ0v) is 19.1. The van der Waals surface area contributed by atoms with Gasteiger partial charge in [0, 0.05) is 17.8 Å². The van der Waals surface area contributed by atoms with Gasteiger partial charge in [0.15, 0.2) is 0 Å². The predicted molar refractivity (Wildman–Crippen MR) is 116 cm³/mol. The van der Waals surface area contributed by atoms with Crippen LogP contribution in [-0.2, 0) is 14.4 Å². The Bertz CT molecular complexity index is 723. The number of carbonyl (C=O) groups excluding carboxylic acids is 3. The Labute approximate surface area is 183 Å². The molecule has 8 heteroatoms. The van der Waals surface area contributed by atoms with Gasteiger partial charge in [0.2, 0.25) is 17.7 Å². The number of nitrogens with one attached hydrogen (secondary N) is 2. The first-order chi connectivity index (χ1) is 14.3. The van der Waals surface area contributed by atoms with Gasteiger partial charge in [-0.15, -0.1) is 11.8 Å². The Kier molecular flexibility index (Phi) is 5.85. The van der Waals surface area contributed by atoms with Crippen molar-refractivity contribution >= 4 is 29.5 Å². The van der Waals surface area contributed by atoms with Crippen LogP contribution in [0.4, 0.5) is 0 Å². The molecule has 4 aliphatic rings. The molecule has 1 saturated carbocycles. The Balaban J connectivity index is 1.72. The summed E-state index contributed by atoms with van der Waals surface area (Å²) >= 11 is 1.68. The van der Waals surface area contributed by atoms with Crippen molar-refractivity contribution < 1.29 is 19.5 Å². The van der Waals surface area contributed by atoms with Gasteiger partial charge in [0.05, 0.1) is 29.2 Å². The highest BCUT2D eigenvalue weighted by atomic mass is 32.2. The molecule has 1 aliphatic carbocycles. The lowest BCUT2D eigenvalue weighted by Crippen LogP contribution is -2.58. The maximum atomic E-state index is 13.8. The molecule has 3 amide bonds. The number of rotatable bonds is 6. The Hall–Kier alpha value is -1.28. The molecule has 0 aromatic carbocycles. The number of hydrogen-bond acceptors (Lipinski definition) is 5. The highest BCUT2D eigenvalue weighted by Gasteiger charge is 2.77. The minimum atomic E-state index is -0.629. The molecule has 0 aromatic heterocycles. The summed E-state index contributed by atoms with van der Waals surface area (Å²) in [4.78, 5) is 41.9. The summed E-state index contributed by atoms with van der Waals surface area (Å²) in [6.45, 7) is 3.82. The van der Waals surface area contributed by atoms with Crippen LogP contribution in [0.2, 0.25) is 0 Å². The molecule has 0 aromatic rings. The minimum Gasteiger partial charge on any atom is -0.394 e. The fourth-order valence-corrected chi connectivity index (χ4v) is 8.90. The van der Waals surface area contributed by atoms with Crippen LogP contribution in [0.3, 0.4) is 0 Å². The van der Waals surface area contributed by atoms with Gasteiger partial charge in [-0.1, -0.05) is 26.2 Å². The van der Waals surface area contributed by atoms with E-state index in [2.05, 4.69) is 17.6 Å². The number of fused-ring (bicyclic) bond motifs is 1. The average molecular weight is 438 g/mol. The van der Waals surface area contributed by atoms with Crippen LogP contribution in [0.25, 0.3) is 0 Å². The number of carbonyl (C=O) groups is 3. The molecular weight excluding hydrogens is 402 g/mol. The largest absolute Gasteiger partial charge is 0.394 e. The van der Waals surface area contributed by atoms with Crippen molar-refractivity contribution in [2.24, 2.45) is 11.8 Å². The van der Waals surface area contributed by atoms with Crippen molar-refractivity contribution in [2.45, 2.75) is 92.8 Å². The van der Waals surface area contributed by atoms with Crippen LogP contribution < -0.4 is 10.6 Å². The number of thioether (sulfide) groups is 1. The van der Waals surface area contributed by atoms with Crippen LogP contribution in [-0.4, -0.2) is 69.0 Å². The number of amides is 3. The third kappa shape index (κ3) is 3.08. The van der Waals surface area contributed by atoms with Crippen LogP contribution >= 0.6 is 11.8 Å². The molecule has 6 atom stereocenters. The van der Waals surface area contributed by atoms with Crippen molar-refractivity contribution in [3.63, 3.8) is 0 Å². The monoisotopic (exact) mass is 437 g/mol. The van der Waals surface area contributed by atoms with Crippen molar-refractivity contribution in [3.8, 4) is 0 Å². The van der Waals surface area contributed by atoms with Crippen LogP contribution in [0.1, 0.15) is 65.2 Å². The van der Waals surface area contributed by atoms with E-state index in [-0.39, 0.29) is 35.1 Å². The Morgan fingerprint density at radius 2 is 1.93 bits per heavy atom. The van der Waals surface area contributed by atoms with E-state index >= 15 is 0 Å². The van der Waals surface area contributed by atoms with E-state index in [1.807, 2.05) is 6.92 Å². The smallest absolute Gasteiger partial charge is 0.244 e. The Morgan fingerprint density at radius 3 is 2.53 bits per heavy atom. The number of hydrogen-bond donors (Lipinski definition) is 3. The SMILES string of the molecule is CC[C@@H](CO)N1C(=O)[C@@H]2[C@@H](C(=O)NC)[C@@]3(C)CCC2(S3)C1C(=O)NC1CCCCC1. The van der Waals surface area contributed by atoms with Gasteiger partial charge in [-0.2, -0.15) is 0 Å². The second-order valence-electron chi connectivity index (χ2n) is 9.68. The molecule has 3 heterocycles. The van der Waals surface area contributed by atoms with E-state index in [0.717, 1.165) is 38.5 Å². The van der Waals surface area contributed by atoms with Crippen molar-refractivity contribution in [3.05, 3.63) is 0 Å². The van der Waals surface area contributed by atoms with Gasteiger partial charge in [-0.05, 0) is 39.0 Å². The molecule has 7 nitrogen and oxygen atoms in total. The maximum Gasteiger partial charge on any atom is 0.244 e. The molecule has 2 bridgehead atoms. The van der Waals surface area contributed by atoms with Gasteiger partial charge in [0.25, 0.3) is 0 Å². The summed E-state index contributed by atoms with van der Waals surface area (Å²) in [5.41, 5.74) is 0. The molecule has 3 saturated heterocycles. The summed E-state index contributed by atoms with van der Waals surface area (Å²) in [5.74, 6) is -1.30. The second kappa shape index (κ2) is 8.01. The molecule has 30 heavy (non-hydrogen) atoms. The first-order valence-corrected chi connectivity index (χ1v) is 12.3. The topological polar surface area (TPSA) is 98.7 Å². The summed E-state index contributed by atoms with van der Waals surface area (Å²) < 4.78 is -0.929. The lowest BCUT2D eigenvalue weighted by Gasteiger charge is -2.38. The lowest BCUT2D eigenvalue weighted by molar-refractivity contribution is -0.143. The third-order valence-electron chi connectivity index (χ3n) is 8.02. The van der Waals surface area contributed by atoms with Gasteiger partial charge < -0.3 is 20.6 Å². The molecular formula is C22H35N3O4S. The lowest BCUT2D eigenvalue weighted by atomic mass is 9.66. The molecule has 0 radical (unpaired) electrons. The minimum absolute atomic E-state index is 0.0982. The summed E-state index contributed by atoms with van der Waals surface area (Å²) in [6, 6.07) is -0.880. The van der Waals surface area contributed by atoms with E-state index in [0.29, 0.717) is 6.42 Å². The molecule has 3 N–H and O–H groups in total. The zero-order valence-electron chi connectivity index (χ0n) is 18.3. The summed E-state index contributed by atoms with van der Waals surface area (Å²) in [7, 11) is 1.61. The summed E-state index contributed by atoms with van der Waals surface area (Å²) in [5, 5.41) is 16.0. The van der Waals surface area contributed by atoms with Crippen molar-refractivity contribution in [1.82, 2.24) is 15.5 Å². The van der Waals surface area contributed by atoms with Gasteiger partial charge in [-0.25, -0.2) is 0 Å². The number of aliphatic hydroxyl groups excluding tert-OH is 1. The van der Waals surface area contributed by atoms with E-state index < -0.39 is 28.7 Å². The molecule has 4 fully saturated rings. The molecule has 4 rings (SSSR count). The highest BCUT2D eigenvalue weighted by Crippen LogP contribution is 2.71. The first-order valence-electron chi connectivity index (χ1n) is 11.5. The van der Waals surface area contributed by atoms with Crippen molar-refractivity contribution in [2.75, 3.05) is 13.7 Å². The Morgan fingerprint density at radius 1 is 1.23 bits per heavy atom. The maximum absolute atomic E-state index is 13.8. The number of likely N-dealkylation sites (tertiary alicyclic amines) is 1. The van der Waals surface area contributed by atoms with Crippen LogP contribution in [0.15, 0.2) is 0 Å². The first kappa shape index (κ1) is 21.9. The summed E-state index contributed by atoms with van der Waals surface area (Å²) in [6.07, 6.45) is 7.53.